The molecular weight excluding hydrogens is 220 g/mol. The summed E-state index contributed by atoms with van der Waals surface area (Å²) in [6.45, 7) is 0. The van der Waals surface area contributed by atoms with Crippen molar-refractivity contribution in [2.24, 2.45) is 0 Å². The molecule has 4 heteroatoms. The number of hydrogen-bond donors (Lipinski definition) is 0. The molecule has 0 nitrogen and oxygen atoms in total. The molecule has 0 aromatic heterocycles. The average molecular weight is 224 g/mol. The van der Waals surface area contributed by atoms with Crippen LogP contribution in [0, 0.1) is 0 Å². The fraction of sp³-hybridized carbons (Fsp3) is 0. The summed E-state index contributed by atoms with van der Waals surface area (Å²) in [6, 6.07) is 0. The SMILES string of the molecule is PP(P)I. The topological polar surface area (TPSA) is 0 Å². The molecule has 4 heavy (non-hydrogen) atoms. The first-order valence-electron chi connectivity index (χ1n) is 0.685. The summed E-state index contributed by atoms with van der Waals surface area (Å²) < 4.78 is 0. The van der Waals surface area contributed by atoms with Gasteiger partial charge in [0.1, 0.15) is 0 Å². The van der Waals surface area contributed by atoms with E-state index in [1.165, 1.54) is 0 Å². The lowest BCUT2D eigenvalue weighted by Gasteiger charge is -1.77. The quantitative estimate of drug-likeness (QED) is 0.437. The Bertz CT molecular complexity index is 8.00. The van der Waals surface area contributed by atoms with E-state index in [1.54, 1.807) is 0 Å². The highest BCUT2D eigenvalue weighted by molar-refractivity contribution is 14.2. The largest absolute Gasteiger partial charge is 0.0968 e. The van der Waals surface area contributed by atoms with Crippen molar-refractivity contribution < 1.29 is 0 Å². The first-order chi connectivity index (χ1) is 1.73. The van der Waals surface area contributed by atoms with Crippen molar-refractivity contribution in [3.8, 4) is 0 Å². The van der Waals surface area contributed by atoms with Crippen LogP contribution in [0.4, 0.5) is 0 Å². The standard InChI is InChI=1S/H4IP3/c1-4(2)3/h2-3H2. The summed E-state index contributed by atoms with van der Waals surface area (Å²) in [5.74, 6) is 0. The van der Waals surface area contributed by atoms with Crippen molar-refractivity contribution in [3.05, 3.63) is 0 Å². The zero-order valence-corrected chi connectivity index (χ0v) is 7.34. The predicted octanol–water partition coefficient (Wildman–Crippen LogP) is 2.40. The van der Waals surface area contributed by atoms with Crippen LogP contribution in [-0.4, -0.2) is 0 Å². The molecule has 0 aliphatic heterocycles. The van der Waals surface area contributed by atoms with Gasteiger partial charge >= 0.3 is 0 Å². The van der Waals surface area contributed by atoms with Crippen LogP contribution in [0.25, 0.3) is 0 Å². The Kier molecular flexibility index (Phi) is 4.84. The zero-order valence-electron chi connectivity index (χ0n) is 1.98. The molecule has 0 rings (SSSR count). The molecule has 0 bridgehead atoms. The van der Waals surface area contributed by atoms with Crippen LogP contribution in [-0.2, 0) is 0 Å². The minimum absolute atomic E-state index is 0.183. The van der Waals surface area contributed by atoms with Gasteiger partial charge in [0.2, 0.25) is 0 Å². The van der Waals surface area contributed by atoms with Gasteiger partial charge in [-0.3, -0.25) is 0 Å². The molecule has 0 aromatic rings. The van der Waals surface area contributed by atoms with Crippen LogP contribution in [0.5, 0.6) is 0 Å². The fourth-order valence-electron chi connectivity index (χ4n) is 0. The Morgan fingerprint density at radius 1 is 1.50 bits per heavy atom. The Morgan fingerprint density at radius 3 is 1.50 bits per heavy atom. The van der Waals surface area contributed by atoms with E-state index in [2.05, 4.69) is 39.9 Å². The first kappa shape index (κ1) is 6.02. The number of halogens is 1. The highest BCUT2D eigenvalue weighted by Crippen LogP contribution is 2.60. The van der Waals surface area contributed by atoms with Gasteiger partial charge in [-0.25, -0.2) is 0 Å². The maximum absolute atomic E-state index is 2.67. The molecule has 0 N–H and O–H groups in total. The van der Waals surface area contributed by atoms with Crippen LogP contribution >= 0.6 is 44.8 Å². The molecule has 0 aliphatic rings. The van der Waals surface area contributed by atoms with E-state index >= 15 is 0 Å². The molecular formula is H4IP3. The summed E-state index contributed by atoms with van der Waals surface area (Å²) >= 11 is 2.33. The van der Waals surface area contributed by atoms with Gasteiger partial charge in [-0.15, -0.1) is 0 Å². The summed E-state index contributed by atoms with van der Waals surface area (Å²) in [4.78, 5) is 0.183. The van der Waals surface area contributed by atoms with E-state index in [4.69, 9.17) is 0 Å². The second-order valence-corrected chi connectivity index (χ2v) is 15.8. The van der Waals surface area contributed by atoms with Crippen LogP contribution in [0.3, 0.4) is 0 Å². The molecule has 26 valence electrons. The highest BCUT2D eigenvalue weighted by Gasteiger charge is 1.69. The van der Waals surface area contributed by atoms with Gasteiger partial charge < -0.3 is 0 Å². The molecule has 0 aliphatic carbocycles. The lowest BCUT2D eigenvalue weighted by Crippen LogP contribution is -0.866. The summed E-state index contributed by atoms with van der Waals surface area (Å²) in [7, 11) is 5.34. The van der Waals surface area contributed by atoms with E-state index in [-0.39, 0.29) is 4.94 Å². The Morgan fingerprint density at radius 2 is 1.50 bits per heavy atom. The fourth-order valence-corrected chi connectivity index (χ4v) is 0. The molecule has 0 amide bonds. The van der Waals surface area contributed by atoms with Crippen molar-refractivity contribution in [2.75, 3.05) is 0 Å². The van der Waals surface area contributed by atoms with Crippen molar-refractivity contribution in [3.63, 3.8) is 0 Å². The van der Waals surface area contributed by atoms with Gasteiger partial charge in [0.15, 0.2) is 0 Å². The van der Waals surface area contributed by atoms with Crippen molar-refractivity contribution in [1.82, 2.24) is 0 Å². The molecule has 2 unspecified atom stereocenters. The summed E-state index contributed by atoms with van der Waals surface area (Å²) in [5.41, 5.74) is 0. The van der Waals surface area contributed by atoms with Crippen LogP contribution in [0.1, 0.15) is 0 Å². The molecule has 0 aromatic carbocycles. The zero-order chi connectivity index (χ0) is 3.58. The molecule has 0 radical (unpaired) electrons. The van der Waals surface area contributed by atoms with Gasteiger partial charge in [0, 0.05) is 0 Å². The van der Waals surface area contributed by atoms with Gasteiger partial charge in [-0.05, 0) is 27.0 Å². The lowest BCUT2D eigenvalue weighted by molar-refractivity contribution is 5.45. The predicted molar refractivity (Wildman–Crippen MR) is 40.4 cm³/mol. The molecule has 0 heterocycles. The summed E-state index contributed by atoms with van der Waals surface area (Å²) in [6.07, 6.45) is 0. The minimum atomic E-state index is 0.183. The van der Waals surface area contributed by atoms with E-state index in [9.17, 15) is 0 Å². The second-order valence-electron chi connectivity index (χ2n) is 0.344. The molecule has 0 saturated heterocycles. The van der Waals surface area contributed by atoms with Gasteiger partial charge in [-0.1, -0.05) is 17.9 Å². The van der Waals surface area contributed by atoms with Crippen LogP contribution < -0.4 is 0 Å². The molecule has 0 saturated carbocycles. The number of rotatable bonds is 0. The maximum Gasteiger partial charge on any atom is -0.00371 e. The first-order valence-corrected chi connectivity index (χ1v) is 8.05. The third kappa shape index (κ3) is 8.99. The lowest BCUT2D eigenvalue weighted by atomic mass is 29.6. The number of hydrogen-bond acceptors (Lipinski definition) is 0. The van der Waals surface area contributed by atoms with E-state index in [0.29, 0.717) is 0 Å². The van der Waals surface area contributed by atoms with Gasteiger partial charge in [0.25, 0.3) is 0 Å². The second kappa shape index (κ2) is 3.22. The van der Waals surface area contributed by atoms with Gasteiger partial charge in [0.05, 0.1) is 0 Å². The van der Waals surface area contributed by atoms with E-state index in [0.717, 1.165) is 0 Å². The van der Waals surface area contributed by atoms with Crippen molar-refractivity contribution in [1.29, 1.82) is 0 Å². The maximum atomic E-state index is 2.67. The Hall–Kier alpha value is 2.02. The third-order valence-electron chi connectivity index (χ3n) is 0. The normalized spacial score (nSPS) is 9.00. The molecule has 0 fully saturated rings. The molecule has 2 atom stereocenters. The highest BCUT2D eigenvalue weighted by atomic mass is 127. The monoisotopic (exact) mass is 224 g/mol. The average Bonchev–Trinajstić information content (AvgIpc) is 0.811. The van der Waals surface area contributed by atoms with Crippen molar-refractivity contribution in [2.45, 2.75) is 0 Å². The van der Waals surface area contributed by atoms with Crippen molar-refractivity contribution >= 4 is 44.8 Å². The minimum Gasteiger partial charge on any atom is -0.0968 e. The Balaban J connectivity index is 2.32. The smallest absolute Gasteiger partial charge is 0.00371 e. The van der Waals surface area contributed by atoms with Gasteiger partial charge in [-0.2, -0.15) is 0 Å². The third-order valence-corrected chi connectivity index (χ3v) is 0. The van der Waals surface area contributed by atoms with E-state index < -0.39 is 0 Å². The Labute approximate surface area is 44.9 Å². The van der Waals surface area contributed by atoms with E-state index in [1.807, 2.05) is 0 Å². The van der Waals surface area contributed by atoms with Crippen LogP contribution in [0.15, 0.2) is 0 Å². The van der Waals surface area contributed by atoms with Crippen LogP contribution in [0.2, 0.25) is 0 Å². The summed E-state index contributed by atoms with van der Waals surface area (Å²) in [5, 5.41) is 0. The molecule has 0 spiro atoms.